The molecule has 2 aliphatic rings. The normalized spacial score (nSPS) is 24.9. The number of rotatable bonds is 4. The molecule has 106 valence electrons. The average molecular weight is 262 g/mol. The third-order valence-corrected chi connectivity index (χ3v) is 5.15. The van der Waals surface area contributed by atoms with E-state index in [1.165, 1.54) is 57.4 Å². The molecule has 1 aromatic heterocycles. The van der Waals surface area contributed by atoms with Crippen LogP contribution in [0.5, 0.6) is 0 Å². The van der Waals surface area contributed by atoms with Crippen molar-refractivity contribution in [1.29, 1.82) is 0 Å². The topological polar surface area (TPSA) is 33.1 Å². The van der Waals surface area contributed by atoms with E-state index in [4.69, 9.17) is 0 Å². The summed E-state index contributed by atoms with van der Waals surface area (Å²) in [7, 11) is 4.20. The van der Waals surface area contributed by atoms with E-state index in [1.54, 1.807) is 0 Å². The lowest BCUT2D eigenvalue weighted by atomic mass is 9.85. The van der Waals surface area contributed by atoms with E-state index in [-0.39, 0.29) is 0 Å². The Hall–Kier alpha value is -0.870. The van der Waals surface area contributed by atoms with Crippen LogP contribution >= 0.6 is 0 Å². The number of imidazole rings is 1. The fraction of sp³-hybridized carbons (Fsp3) is 0.800. The van der Waals surface area contributed by atoms with Gasteiger partial charge < -0.3 is 9.88 Å². The zero-order chi connectivity index (χ0) is 13.3. The first-order valence-corrected chi connectivity index (χ1v) is 7.67. The van der Waals surface area contributed by atoms with Gasteiger partial charge in [0, 0.05) is 25.0 Å². The minimum atomic E-state index is 0.296. The maximum absolute atomic E-state index is 4.62. The summed E-state index contributed by atoms with van der Waals surface area (Å²) in [4.78, 5) is 7.37. The Morgan fingerprint density at radius 1 is 1.21 bits per heavy atom. The van der Waals surface area contributed by atoms with E-state index in [0.29, 0.717) is 11.6 Å². The van der Waals surface area contributed by atoms with Gasteiger partial charge in [-0.05, 0) is 45.8 Å². The number of hydrogen-bond donors (Lipinski definition) is 1. The Morgan fingerprint density at radius 2 is 1.89 bits per heavy atom. The second-order valence-corrected chi connectivity index (χ2v) is 6.12. The van der Waals surface area contributed by atoms with E-state index in [2.05, 4.69) is 40.1 Å². The quantitative estimate of drug-likeness (QED) is 0.902. The Morgan fingerprint density at radius 3 is 2.42 bits per heavy atom. The van der Waals surface area contributed by atoms with Crippen molar-refractivity contribution in [3.05, 3.63) is 18.2 Å². The van der Waals surface area contributed by atoms with Crippen LogP contribution in [0.4, 0.5) is 0 Å². The summed E-state index contributed by atoms with van der Waals surface area (Å²) in [6.07, 6.45) is 12.0. The molecular weight excluding hydrogens is 236 g/mol. The van der Waals surface area contributed by atoms with Gasteiger partial charge in [0.25, 0.3) is 0 Å². The molecule has 1 aliphatic heterocycles. The second-order valence-electron chi connectivity index (χ2n) is 6.12. The molecule has 19 heavy (non-hydrogen) atoms. The lowest BCUT2D eigenvalue weighted by Crippen LogP contribution is -2.54. The minimum Gasteiger partial charge on any atom is -0.337 e. The summed E-state index contributed by atoms with van der Waals surface area (Å²) in [6.45, 7) is 2.53. The van der Waals surface area contributed by atoms with Gasteiger partial charge in [-0.1, -0.05) is 12.8 Å². The van der Waals surface area contributed by atoms with Gasteiger partial charge in [0.15, 0.2) is 0 Å². The van der Waals surface area contributed by atoms with Crippen molar-refractivity contribution in [3.63, 3.8) is 0 Å². The van der Waals surface area contributed by atoms with E-state index in [1.807, 2.05) is 6.20 Å². The molecule has 2 fully saturated rings. The van der Waals surface area contributed by atoms with E-state index in [0.717, 1.165) is 0 Å². The zero-order valence-corrected chi connectivity index (χ0v) is 12.2. The van der Waals surface area contributed by atoms with Crippen molar-refractivity contribution in [2.75, 3.05) is 20.1 Å². The Kier molecular flexibility index (Phi) is 3.63. The smallest absolute Gasteiger partial charge is 0.127 e. The molecular formula is C15H26N4. The summed E-state index contributed by atoms with van der Waals surface area (Å²) in [5.41, 5.74) is 0.296. The van der Waals surface area contributed by atoms with Crippen LogP contribution in [0.3, 0.4) is 0 Å². The Bertz CT molecular complexity index is 414. The SMILES string of the molecule is CNC(c1nccn1C)C1(N2CCCC2)CCCC1. The monoisotopic (exact) mass is 262 g/mol. The first-order chi connectivity index (χ1) is 9.28. The number of hydrogen-bond acceptors (Lipinski definition) is 3. The first kappa shape index (κ1) is 13.1. The molecule has 4 nitrogen and oxygen atoms in total. The molecule has 1 aliphatic carbocycles. The molecule has 0 spiro atoms. The van der Waals surface area contributed by atoms with Gasteiger partial charge in [-0.15, -0.1) is 0 Å². The van der Waals surface area contributed by atoms with Gasteiger partial charge in [0.05, 0.1) is 6.04 Å². The molecule has 1 aromatic rings. The lowest BCUT2D eigenvalue weighted by Gasteiger charge is -2.44. The lowest BCUT2D eigenvalue weighted by molar-refractivity contribution is 0.0751. The maximum Gasteiger partial charge on any atom is 0.127 e. The highest BCUT2D eigenvalue weighted by molar-refractivity contribution is 5.13. The van der Waals surface area contributed by atoms with Crippen LogP contribution in [0, 0.1) is 0 Å². The van der Waals surface area contributed by atoms with Gasteiger partial charge >= 0.3 is 0 Å². The highest BCUT2D eigenvalue weighted by Gasteiger charge is 2.47. The van der Waals surface area contributed by atoms with Gasteiger partial charge in [0.2, 0.25) is 0 Å². The van der Waals surface area contributed by atoms with Crippen molar-refractivity contribution < 1.29 is 0 Å². The van der Waals surface area contributed by atoms with Gasteiger partial charge in [-0.2, -0.15) is 0 Å². The van der Waals surface area contributed by atoms with Crippen molar-refractivity contribution in [2.24, 2.45) is 7.05 Å². The molecule has 1 N–H and O–H groups in total. The van der Waals surface area contributed by atoms with Crippen LogP contribution < -0.4 is 5.32 Å². The summed E-state index contributed by atoms with van der Waals surface area (Å²) in [5.74, 6) is 1.19. The first-order valence-electron chi connectivity index (χ1n) is 7.67. The second kappa shape index (κ2) is 5.25. The fourth-order valence-electron chi connectivity index (χ4n) is 4.23. The van der Waals surface area contributed by atoms with Crippen LogP contribution in [-0.2, 0) is 7.05 Å². The van der Waals surface area contributed by atoms with Crippen LogP contribution in [0.2, 0.25) is 0 Å². The highest BCUT2D eigenvalue weighted by Crippen LogP contribution is 2.45. The van der Waals surface area contributed by atoms with E-state index >= 15 is 0 Å². The molecule has 0 bridgehead atoms. The standard InChI is InChI=1S/C15H26N4/c1-16-13(14-17-9-12-18(14)2)15(7-3-4-8-15)19-10-5-6-11-19/h9,12-13,16H,3-8,10-11H2,1-2H3. The minimum absolute atomic E-state index is 0.296. The number of likely N-dealkylation sites (tertiary alicyclic amines) is 1. The molecule has 0 aromatic carbocycles. The molecule has 1 atom stereocenters. The average Bonchev–Trinajstić information content (AvgIpc) is 3.12. The Labute approximate surface area is 116 Å². The largest absolute Gasteiger partial charge is 0.337 e. The molecule has 1 unspecified atom stereocenters. The Balaban J connectivity index is 1.95. The molecule has 0 amide bonds. The molecule has 0 radical (unpaired) electrons. The molecule has 3 rings (SSSR count). The van der Waals surface area contributed by atoms with Crippen molar-refractivity contribution in [3.8, 4) is 0 Å². The number of aromatic nitrogens is 2. The van der Waals surface area contributed by atoms with Crippen molar-refractivity contribution in [2.45, 2.75) is 50.1 Å². The number of aryl methyl sites for hydroxylation is 1. The highest BCUT2D eigenvalue weighted by atomic mass is 15.3. The van der Waals surface area contributed by atoms with Crippen LogP contribution in [0.15, 0.2) is 12.4 Å². The maximum atomic E-state index is 4.62. The predicted molar refractivity (Wildman–Crippen MR) is 77.0 cm³/mol. The van der Waals surface area contributed by atoms with Crippen LogP contribution in [0.1, 0.15) is 50.4 Å². The predicted octanol–water partition coefficient (Wildman–Crippen LogP) is 2.09. The summed E-state index contributed by atoms with van der Waals surface area (Å²) >= 11 is 0. The molecule has 1 saturated carbocycles. The molecule has 2 heterocycles. The van der Waals surface area contributed by atoms with E-state index in [9.17, 15) is 0 Å². The summed E-state index contributed by atoms with van der Waals surface area (Å²) < 4.78 is 2.18. The molecule has 4 heteroatoms. The third-order valence-electron chi connectivity index (χ3n) is 5.15. The third kappa shape index (κ3) is 2.11. The fourth-order valence-corrected chi connectivity index (χ4v) is 4.23. The van der Waals surface area contributed by atoms with E-state index < -0.39 is 0 Å². The van der Waals surface area contributed by atoms with Gasteiger partial charge in [-0.3, -0.25) is 4.90 Å². The summed E-state index contributed by atoms with van der Waals surface area (Å²) in [5, 5.41) is 3.58. The van der Waals surface area contributed by atoms with Gasteiger partial charge in [0.1, 0.15) is 5.82 Å². The van der Waals surface area contributed by atoms with Crippen molar-refractivity contribution >= 4 is 0 Å². The van der Waals surface area contributed by atoms with Crippen LogP contribution in [0.25, 0.3) is 0 Å². The van der Waals surface area contributed by atoms with Gasteiger partial charge in [-0.25, -0.2) is 4.98 Å². The van der Waals surface area contributed by atoms with Crippen molar-refractivity contribution in [1.82, 2.24) is 19.8 Å². The number of likely N-dealkylation sites (N-methyl/N-ethyl adjacent to an activating group) is 1. The number of nitrogens with zero attached hydrogens (tertiary/aromatic N) is 3. The summed E-state index contributed by atoms with van der Waals surface area (Å²) in [6, 6.07) is 0.355. The zero-order valence-electron chi connectivity index (χ0n) is 12.2. The van der Waals surface area contributed by atoms with Crippen LogP contribution in [-0.4, -0.2) is 40.1 Å². The molecule has 1 saturated heterocycles. The number of nitrogens with one attached hydrogen (secondary N) is 1.